The van der Waals surface area contributed by atoms with Crippen molar-refractivity contribution < 1.29 is 19.1 Å². The highest BCUT2D eigenvalue weighted by molar-refractivity contribution is 6.81. The summed E-state index contributed by atoms with van der Waals surface area (Å²) < 4.78 is 9.77. The lowest BCUT2D eigenvalue weighted by Gasteiger charge is -2.22. The van der Waals surface area contributed by atoms with Crippen LogP contribution in [-0.2, 0) is 25.1 Å². The molecule has 0 saturated heterocycles. The van der Waals surface area contributed by atoms with Gasteiger partial charge >= 0.3 is 11.9 Å². The van der Waals surface area contributed by atoms with Crippen LogP contribution in [0, 0.1) is 5.41 Å². The predicted octanol–water partition coefficient (Wildman–Crippen LogP) is 3.62. The third kappa shape index (κ3) is 4.10. The highest BCUT2D eigenvalue weighted by Crippen LogP contribution is 2.46. The molecule has 0 bridgehead atoms. The second-order valence-electron chi connectivity index (χ2n) is 7.34. The Labute approximate surface area is 150 Å². The summed E-state index contributed by atoms with van der Waals surface area (Å²) in [6, 6.07) is 11.3. The molecule has 1 saturated carbocycles. The van der Waals surface area contributed by atoms with Crippen molar-refractivity contribution in [3.8, 4) is 0 Å². The van der Waals surface area contributed by atoms with Gasteiger partial charge in [-0.2, -0.15) is 0 Å². The standard InChI is InChI=1S/C20H26O4Si/c1-15-11-20(18(21)23-2,19(22)24-3)12-17(15)14-25(4,5)13-16-9-7-6-8-10-16/h6-10,14H,1,11-13H2,2-5H3/b17-14+. The molecule has 4 nitrogen and oxygen atoms in total. The van der Waals surface area contributed by atoms with E-state index in [2.05, 4.69) is 37.5 Å². The first-order valence-corrected chi connectivity index (χ1v) is 11.6. The van der Waals surface area contributed by atoms with Crippen molar-refractivity contribution >= 4 is 20.0 Å². The molecule has 0 atom stereocenters. The van der Waals surface area contributed by atoms with E-state index in [1.54, 1.807) is 0 Å². The summed E-state index contributed by atoms with van der Waals surface area (Å²) in [5, 5.41) is 0. The van der Waals surface area contributed by atoms with E-state index in [0.717, 1.165) is 17.2 Å². The Morgan fingerprint density at radius 3 is 2.20 bits per heavy atom. The lowest BCUT2D eigenvalue weighted by Crippen LogP contribution is -2.39. The zero-order valence-electron chi connectivity index (χ0n) is 15.4. The Bertz CT molecular complexity index is 688. The van der Waals surface area contributed by atoms with Gasteiger partial charge in [-0.1, -0.05) is 72.4 Å². The Morgan fingerprint density at radius 1 is 1.12 bits per heavy atom. The molecule has 0 N–H and O–H groups in total. The summed E-state index contributed by atoms with van der Waals surface area (Å²) in [7, 11) is 0.864. The third-order valence-corrected chi connectivity index (χ3v) is 7.13. The molecule has 1 fully saturated rings. The monoisotopic (exact) mass is 358 g/mol. The van der Waals surface area contributed by atoms with Crippen molar-refractivity contribution in [2.75, 3.05) is 14.2 Å². The van der Waals surface area contributed by atoms with Gasteiger partial charge in [-0.25, -0.2) is 0 Å². The van der Waals surface area contributed by atoms with Crippen LogP contribution in [0.15, 0.2) is 53.8 Å². The fourth-order valence-corrected chi connectivity index (χ4v) is 6.19. The molecule has 1 aliphatic carbocycles. The molecule has 0 aliphatic heterocycles. The normalized spacial score (nSPS) is 18.2. The second kappa shape index (κ2) is 7.40. The van der Waals surface area contributed by atoms with Crippen molar-refractivity contribution in [2.24, 2.45) is 5.41 Å². The van der Waals surface area contributed by atoms with Gasteiger partial charge in [0.05, 0.1) is 22.3 Å². The minimum atomic E-state index is -1.73. The Kier molecular flexibility index (Phi) is 5.68. The maximum absolute atomic E-state index is 12.3. The molecule has 0 unspecified atom stereocenters. The number of carbonyl (C=O) groups excluding carboxylic acids is 2. The molecule has 0 aromatic heterocycles. The summed E-state index contributed by atoms with van der Waals surface area (Å²) in [5.41, 5.74) is 4.08. The Balaban J connectivity index is 2.30. The van der Waals surface area contributed by atoms with Crippen molar-refractivity contribution in [2.45, 2.75) is 32.0 Å². The average molecular weight is 359 g/mol. The van der Waals surface area contributed by atoms with Gasteiger partial charge in [-0.05, 0) is 18.9 Å². The van der Waals surface area contributed by atoms with Crippen molar-refractivity contribution in [3.63, 3.8) is 0 Å². The van der Waals surface area contributed by atoms with Crippen LogP contribution >= 0.6 is 0 Å². The van der Waals surface area contributed by atoms with Gasteiger partial charge in [0.15, 0.2) is 5.41 Å². The number of ether oxygens (including phenoxy) is 2. The molecule has 25 heavy (non-hydrogen) atoms. The van der Waals surface area contributed by atoms with Crippen LogP contribution in [0.5, 0.6) is 0 Å². The van der Waals surface area contributed by atoms with Gasteiger partial charge in [0, 0.05) is 0 Å². The third-order valence-electron chi connectivity index (χ3n) is 4.68. The lowest BCUT2D eigenvalue weighted by atomic mass is 9.86. The zero-order chi connectivity index (χ0) is 18.7. The largest absolute Gasteiger partial charge is 0.468 e. The second-order valence-corrected chi connectivity index (χ2v) is 12.0. The average Bonchev–Trinajstić information content (AvgIpc) is 2.90. The van der Waals surface area contributed by atoms with E-state index >= 15 is 0 Å². The Morgan fingerprint density at radius 2 is 1.68 bits per heavy atom. The van der Waals surface area contributed by atoms with Crippen molar-refractivity contribution in [1.29, 1.82) is 0 Å². The SMILES string of the molecule is C=C1CC(C(=O)OC)(C(=O)OC)C/C1=C\[Si](C)(C)Cc1ccccc1. The topological polar surface area (TPSA) is 52.6 Å². The number of allylic oxidation sites excluding steroid dienone is 2. The molecule has 0 radical (unpaired) electrons. The van der Waals surface area contributed by atoms with Crippen LogP contribution in [0.2, 0.25) is 13.1 Å². The maximum Gasteiger partial charge on any atom is 0.323 e. The number of hydrogen-bond donors (Lipinski definition) is 0. The van der Waals surface area contributed by atoms with Crippen LogP contribution in [-0.4, -0.2) is 34.2 Å². The van der Waals surface area contributed by atoms with E-state index in [1.807, 2.05) is 18.2 Å². The van der Waals surface area contributed by atoms with Gasteiger partial charge in [-0.15, -0.1) is 0 Å². The molecular weight excluding hydrogens is 332 g/mol. The summed E-state index contributed by atoms with van der Waals surface area (Å²) in [6.45, 7) is 8.64. The van der Waals surface area contributed by atoms with Crippen molar-refractivity contribution in [1.82, 2.24) is 0 Å². The minimum Gasteiger partial charge on any atom is -0.468 e. The molecule has 1 aromatic carbocycles. The van der Waals surface area contributed by atoms with Crippen LogP contribution in [0.4, 0.5) is 0 Å². The van der Waals surface area contributed by atoms with Gasteiger partial charge in [0.1, 0.15) is 0 Å². The highest BCUT2D eigenvalue weighted by Gasteiger charge is 2.53. The Hall–Kier alpha value is -2.14. The van der Waals surface area contributed by atoms with E-state index in [1.165, 1.54) is 19.8 Å². The molecule has 0 spiro atoms. The summed E-state index contributed by atoms with van der Waals surface area (Å²) in [6.07, 6.45) is 0.560. The summed E-state index contributed by atoms with van der Waals surface area (Å²) in [4.78, 5) is 24.6. The molecular formula is C20H26O4Si. The maximum atomic E-state index is 12.3. The van der Waals surface area contributed by atoms with E-state index in [9.17, 15) is 9.59 Å². The smallest absolute Gasteiger partial charge is 0.323 e. The first-order valence-electron chi connectivity index (χ1n) is 8.35. The number of hydrogen-bond acceptors (Lipinski definition) is 4. The molecule has 0 amide bonds. The fraction of sp³-hybridized carbons (Fsp3) is 0.400. The molecule has 1 aliphatic rings. The van der Waals surface area contributed by atoms with Crippen LogP contribution in [0.1, 0.15) is 18.4 Å². The van der Waals surface area contributed by atoms with Crippen LogP contribution in [0.25, 0.3) is 0 Å². The highest BCUT2D eigenvalue weighted by atomic mass is 28.3. The van der Waals surface area contributed by atoms with Crippen molar-refractivity contribution in [3.05, 3.63) is 59.3 Å². The molecule has 5 heteroatoms. The molecule has 2 rings (SSSR count). The first-order chi connectivity index (χ1) is 11.7. The van der Waals surface area contributed by atoms with Gasteiger partial charge in [0.2, 0.25) is 0 Å². The first kappa shape index (κ1) is 19.2. The number of rotatable bonds is 5. The van der Waals surface area contributed by atoms with E-state index in [-0.39, 0.29) is 6.42 Å². The quantitative estimate of drug-likeness (QED) is 0.458. The summed E-state index contributed by atoms with van der Waals surface area (Å²) in [5.74, 6) is -1.10. The molecule has 0 heterocycles. The molecule has 1 aromatic rings. The zero-order valence-corrected chi connectivity index (χ0v) is 16.4. The van der Waals surface area contributed by atoms with Crippen LogP contribution in [0.3, 0.4) is 0 Å². The summed E-state index contributed by atoms with van der Waals surface area (Å²) >= 11 is 0. The van der Waals surface area contributed by atoms with E-state index < -0.39 is 25.4 Å². The van der Waals surface area contributed by atoms with E-state index in [4.69, 9.17) is 9.47 Å². The van der Waals surface area contributed by atoms with Gasteiger partial charge in [-0.3, -0.25) is 9.59 Å². The van der Waals surface area contributed by atoms with Gasteiger partial charge < -0.3 is 9.47 Å². The molecule has 134 valence electrons. The predicted molar refractivity (Wildman–Crippen MR) is 101 cm³/mol. The number of esters is 2. The number of benzene rings is 1. The fourth-order valence-electron chi connectivity index (χ4n) is 3.55. The van der Waals surface area contributed by atoms with E-state index in [0.29, 0.717) is 6.42 Å². The minimum absolute atomic E-state index is 0.258. The number of carbonyl (C=O) groups is 2. The number of methoxy groups -OCH3 is 2. The lowest BCUT2D eigenvalue weighted by molar-refractivity contribution is -0.168. The van der Waals surface area contributed by atoms with Crippen LogP contribution < -0.4 is 0 Å². The van der Waals surface area contributed by atoms with Gasteiger partial charge in [0.25, 0.3) is 0 Å².